The Bertz CT molecular complexity index is 787. The molecule has 0 bridgehead atoms. The highest BCUT2D eigenvalue weighted by molar-refractivity contribution is 6.40. The number of rotatable bonds is 5. The Morgan fingerprint density at radius 3 is 2.58 bits per heavy atom. The van der Waals surface area contributed by atoms with Crippen LogP contribution in [0.2, 0.25) is 10.0 Å². The lowest BCUT2D eigenvalue weighted by Gasteiger charge is -2.15. The van der Waals surface area contributed by atoms with E-state index in [1.165, 1.54) is 6.07 Å². The number of nitrogens with zero attached hydrogens (tertiary/aromatic N) is 1. The van der Waals surface area contributed by atoms with Crippen molar-refractivity contribution in [1.29, 1.82) is 0 Å². The molecule has 1 heterocycles. The van der Waals surface area contributed by atoms with E-state index in [1.54, 1.807) is 38.1 Å². The summed E-state index contributed by atoms with van der Waals surface area (Å²) in [6, 6.07) is 6.39. The second-order valence-electron chi connectivity index (χ2n) is 5.06. The van der Waals surface area contributed by atoms with Gasteiger partial charge in [0.1, 0.15) is 17.9 Å². The lowest BCUT2D eigenvalue weighted by molar-refractivity contribution is -0.619. The number of aromatic nitrogens is 1. The van der Waals surface area contributed by atoms with E-state index < -0.39 is 5.91 Å². The van der Waals surface area contributed by atoms with Gasteiger partial charge in [-0.05, 0) is 12.1 Å². The fraction of sp³-hybridized carbons (Fsp3) is 0.176. The van der Waals surface area contributed by atoms with Gasteiger partial charge in [0.15, 0.2) is 5.69 Å². The smallest absolute Gasteiger partial charge is 0.265 e. The third-order valence-corrected chi connectivity index (χ3v) is 3.99. The van der Waals surface area contributed by atoms with E-state index in [0.29, 0.717) is 20.5 Å². The number of hydrogen-bond donors (Lipinski definition) is 1. The third-order valence-electron chi connectivity index (χ3n) is 3.36. The minimum absolute atomic E-state index is 0.119. The van der Waals surface area contributed by atoms with Crippen LogP contribution < -0.4 is 14.8 Å². The molecule has 1 aromatic heterocycles. The first-order chi connectivity index (χ1) is 11.4. The number of anilines is 1. The largest absolute Gasteiger partial charge is 0.618 e. The fourth-order valence-corrected chi connectivity index (χ4v) is 2.69. The van der Waals surface area contributed by atoms with Crippen LogP contribution in [0.15, 0.2) is 36.9 Å². The van der Waals surface area contributed by atoms with Crippen molar-refractivity contribution < 1.29 is 14.3 Å². The molecule has 0 saturated heterocycles. The summed E-state index contributed by atoms with van der Waals surface area (Å²) in [5, 5.41) is 15.3. The Hall–Kier alpha value is -2.24. The summed E-state index contributed by atoms with van der Waals surface area (Å²) in [7, 11) is 0. The van der Waals surface area contributed by atoms with Crippen LogP contribution in [0, 0.1) is 19.1 Å². The van der Waals surface area contributed by atoms with Gasteiger partial charge in [0.2, 0.25) is 5.69 Å². The maximum Gasteiger partial charge on any atom is 0.265 e. The average Bonchev–Trinajstić information content (AvgIpc) is 2.54. The number of pyridine rings is 1. The maximum atomic E-state index is 12.7. The third kappa shape index (κ3) is 3.63. The predicted molar refractivity (Wildman–Crippen MR) is 95.0 cm³/mol. The van der Waals surface area contributed by atoms with Crippen molar-refractivity contribution >= 4 is 34.8 Å². The molecule has 0 saturated carbocycles. The summed E-state index contributed by atoms with van der Waals surface area (Å²) in [5.41, 5.74) is 1.03. The highest BCUT2D eigenvalue weighted by Gasteiger charge is 2.25. The molecule has 24 heavy (non-hydrogen) atoms. The number of para-hydroxylation sites is 1. The van der Waals surface area contributed by atoms with Gasteiger partial charge in [-0.3, -0.25) is 4.79 Å². The Morgan fingerprint density at radius 1 is 1.38 bits per heavy atom. The van der Waals surface area contributed by atoms with Crippen LogP contribution in [0.4, 0.5) is 5.69 Å². The molecule has 2 rings (SSSR count). The molecule has 0 aliphatic heterocycles. The minimum atomic E-state index is -0.536. The molecular formula is C17H16Cl2N2O3. The highest BCUT2D eigenvalue weighted by atomic mass is 35.5. The zero-order valence-corrected chi connectivity index (χ0v) is 14.7. The van der Waals surface area contributed by atoms with Gasteiger partial charge in [-0.2, -0.15) is 4.73 Å². The molecular weight excluding hydrogens is 351 g/mol. The zero-order chi connectivity index (χ0) is 17.9. The van der Waals surface area contributed by atoms with E-state index >= 15 is 0 Å². The fourth-order valence-electron chi connectivity index (χ4n) is 2.20. The summed E-state index contributed by atoms with van der Waals surface area (Å²) in [6.07, 6.45) is 1.55. The first-order valence-electron chi connectivity index (χ1n) is 7.09. The van der Waals surface area contributed by atoms with Crippen molar-refractivity contribution in [1.82, 2.24) is 0 Å². The summed E-state index contributed by atoms with van der Waals surface area (Å²) in [5.74, 6) is -0.246. The van der Waals surface area contributed by atoms with E-state index in [0.717, 1.165) is 0 Å². The van der Waals surface area contributed by atoms with Crippen molar-refractivity contribution in [2.24, 2.45) is 0 Å². The number of carbonyl (C=O) groups excluding carboxylic acids is 1. The molecule has 1 amide bonds. The number of ether oxygens (including phenoxy) is 1. The van der Waals surface area contributed by atoms with E-state index in [-0.39, 0.29) is 29.3 Å². The average molecular weight is 367 g/mol. The van der Waals surface area contributed by atoms with Gasteiger partial charge in [0, 0.05) is 19.9 Å². The molecule has 5 nitrogen and oxygen atoms in total. The lowest BCUT2D eigenvalue weighted by Crippen LogP contribution is -2.37. The van der Waals surface area contributed by atoms with E-state index in [9.17, 15) is 10.0 Å². The minimum Gasteiger partial charge on any atom is -0.618 e. The number of carbonyl (C=O) groups is 1. The van der Waals surface area contributed by atoms with Gasteiger partial charge < -0.3 is 15.3 Å². The SMILES string of the molecule is C=CCOc1cc(C)[n+]([O-])c(C)c1C(=O)Nc1c(Cl)cccc1Cl. The monoisotopic (exact) mass is 366 g/mol. The molecule has 126 valence electrons. The Labute approximate surface area is 150 Å². The van der Waals surface area contributed by atoms with Gasteiger partial charge in [0.05, 0.1) is 15.7 Å². The van der Waals surface area contributed by atoms with Gasteiger partial charge in [-0.25, -0.2) is 0 Å². The summed E-state index contributed by atoms with van der Waals surface area (Å²) in [4.78, 5) is 12.7. The Balaban J connectivity index is 2.48. The second-order valence-corrected chi connectivity index (χ2v) is 5.87. The lowest BCUT2D eigenvalue weighted by atomic mass is 10.1. The molecule has 0 aliphatic rings. The quantitative estimate of drug-likeness (QED) is 0.492. The van der Waals surface area contributed by atoms with Crippen LogP contribution >= 0.6 is 23.2 Å². The van der Waals surface area contributed by atoms with Gasteiger partial charge >= 0.3 is 0 Å². The molecule has 2 aromatic rings. The van der Waals surface area contributed by atoms with Crippen LogP contribution in [0.25, 0.3) is 0 Å². The van der Waals surface area contributed by atoms with Crippen LogP contribution in [0.5, 0.6) is 5.75 Å². The van der Waals surface area contributed by atoms with Gasteiger partial charge in [0.25, 0.3) is 5.91 Å². The maximum absolute atomic E-state index is 12.7. The molecule has 0 unspecified atom stereocenters. The number of halogens is 2. The van der Waals surface area contributed by atoms with Gasteiger partial charge in [-0.1, -0.05) is 41.9 Å². The van der Waals surface area contributed by atoms with Crippen LogP contribution in [-0.4, -0.2) is 12.5 Å². The topological polar surface area (TPSA) is 65.3 Å². The Kier molecular flexibility index (Phi) is 5.70. The molecule has 0 spiro atoms. The van der Waals surface area contributed by atoms with Crippen LogP contribution in [0.1, 0.15) is 21.7 Å². The molecule has 1 N–H and O–H groups in total. The molecule has 0 fully saturated rings. The van der Waals surface area contributed by atoms with E-state index in [2.05, 4.69) is 11.9 Å². The number of amides is 1. The van der Waals surface area contributed by atoms with Crippen molar-refractivity contribution in [3.8, 4) is 5.75 Å². The molecule has 7 heteroatoms. The first-order valence-corrected chi connectivity index (χ1v) is 7.85. The predicted octanol–water partition coefficient (Wildman–Crippen LogP) is 4.06. The summed E-state index contributed by atoms with van der Waals surface area (Å²) >= 11 is 12.1. The van der Waals surface area contributed by atoms with Crippen LogP contribution in [0.3, 0.4) is 0 Å². The number of benzene rings is 1. The molecule has 0 aliphatic carbocycles. The Morgan fingerprint density at radius 2 is 2.00 bits per heavy atom. The van der Waals surface area contributed by atoms with Crippen molar-refractivity contribution in [2.45, 2.75) is 13.8 Å². The normalized spacial score (nSPS) is 10.3. The number of hydrogen-bond acceptors (Lipinski definition) is 3. The number of aryl methyl sites for hydroxylation is 1. The van der Waals surface area contributed by atoms with Gasteiger partial charge in [-0.15, -0.1) is 0 Å². The van der Waals surface area contributed by atoms with Crippen molar-refractivity contribution in [3.63, 3.8) is 0 Å². The molecule has 0 radical (unpaired) electrons. The highest BCUT2D eigenvalue weighted by Crippen LogP contribution is 2.31. The van der Waals surface area contributed by atoms with Crippen molar-refractivity contribution in [2.75, 3.05) is 11.9 Å². The zero-order valence-electron chi connectivity index (χ0n) is 13.2. The standard InChI is InChI=1S/C17H16Cl2N2O3/c1-4-8-24-14-9-10(2)21(23)11(3)15(14)17(22)20-16-12(18)6-5-7-13(16)19/h4-7,9H,1,8H2,2-3H3,(H,20,22). The first kappa shape index (κ1) is 18.1. The van der Waals surface area contributed by atoms with E-state index in [4.69, 9.17) is 27.9 Å². The van der Waals surface area contributed by atoms with Crippen LogP contribution in [-0.2, 0) is 0 Å². The van der Waals surface area contributed by atoms with Crippen molar-refractivity contribution in [3.05, 3.63) is 69.1 Å². The second kappa shape index (κ2) is 7.55. The molecule has 1 aromatic carbocycles. The van der Waals surface area contributed by atoms with E-state index in [1.807, 2.05) is 0 Å². The summed E-state index contributed by atoms with van der Waals surface area (Å²) < 4.78 is 6.20. The number of nitrogens with one attached hydrogen (secondary N) is 1. The molecule has 0 atom stereocenters. The summed E-state index contributed by atoms with van der Waals surface area (Å²) in [6.45, 7) is 6.96.